The van der Waals surface area contributed by atoms with Crippen LogP contribution < -0.4 is 5.32 Å². The van der Waals surface area contributed by atoms with Gasteiger partial charge in [0.05, 0.1) is 25.9 Å². The van der Waals surface area contributed by atoms with E-state index in [4.69, 9.17) is 18.9 Å². The number of pyridine rings is 1. The van der Waals surface area contributed by atoms with Crippen LogP contribution >= 0.6 is 0 Å². The molecule has 14 atom stereocenters. The van der Waals surface area contributed by atoms with Crippen LogP contribution in [0.15, 0.2) is 24.4 Å². The Bertz CT molecular complexity index is 870. The molecule has 1 aromatic rings. The summed E-state index contributed by atoms with van der Waals surface area (Å²) in [6.07, 6.45) is -22.7. The minimum atomic E-state index is -1.97. The second kappa shape index (κ2) is 15.0. The van der Waals surface area contributed by atoms with Crippen molar-refractivity contribution in [3.63, 3.8) is 0 Å². The van der Waals surface area contributed by atoms with Crippen LogP contribution in [0.3, 0.4) is 0 Å². The Kier molecular flexibility index (Phi) is 12.3. The zero-order chi connectivity index (χ0) is 29.6. The van der Waals surface area contributed by atoms with Crippen LogP contribution in [0, 0.1) is 0 Å². The Morgan fingerprint density at radius 2 is 1.45 bits per heavy atom. The molecule has 17 heteroatoms. The number of hydrogen-bond donors (Lipinski definition) is 12. The maximum atomic E-state index is 10.7. The van der Waals surface area contributed by atoms with Gasteiger partial charge in [-0.05, 0) is 12.1 Å². The minimum Gasteiger partial charge on any atom is -0.394 e. The van der Waals surface area contributed by atoms with Crippen molar-refractivity contribution < 1.29 is 75.1 Å². The quantitative estimate of drug-likeness (QED) is 0.103. The smallest absolute Gasteiger partial charge is 0.187 e. The fourth-order valence-electron chi connectivity index (χ4n) is 4.34. The Hall–Kier alpha value is -1.65. The van der Waals surface area contributed by atoms with Gasteiger partial charge in [0.2, 0.25) is 0 Å². The lowest BCUT2D eigenvalue weighted by Crippen LogP contribution is -2.65. The molecule has 2 fully saturated rings. The lowest BCUT2D eigenvalue weighted by molar-refractivity contribution is -0.367. The summed E-state index contributed by atoms with van der Waals surface area (Å²) in [5.41, 5.74) is 0. The first-order chi connectivity index (χ1) is 19.0. The number of hydrogen-bond acceptors (Lipinski definition) is 17. The SMILES string of the molecule is OC[C@@H](O)[C@@H](O[C@H]1O[C@H](CO)[C@@H](O[C@H]2O[C@H](CO)[C@@H](O)[C@H](O)[C@H]2O)[C@H](O)[C@H]1O)[C@H](O)[C@@H](O)CNc1ccccn1. The predicted molar refractivity (Wildman–Crippen MR) is 129 cm³/mol. The highest BCUT2D eigenvalue weighted by Crippen LogP contribution is 2.30. The molecular weight excluding hydrogens is 544 g/mol. The van der Waals surface area contributed by atoms with Gasteiger partial charge in [-0.2, -0.15) is 0 Å². The second-order valence-electron chi connectivity index (χ2n) is 9.51. The number of aliphatic hydroxyl groups is 11. The zero-order valence-corrected chi connectivity index (χ0v) is 21.2. The maximum Gasteiger partial charge on any atom is 0.187 e. The zero-order valence-electron chi connectivity index (χ0n) is 21.2. The molecule has 0 aliphatic carbocycles. The van der Waals surface area contributed by atoms with Crippen LogP contribution in [0.1, 0.15) is 0 Å². The van der Waals surface area contributed by atoms with Crippen molar-refractivity contribution in [2.75, 3.05) is 31.7 Å². The molecule has 0 saturated carbocycles. The standard InChI is InChI=1S/C23H38N2O15/c26-6-10(30)20(14(31)9(29)5-25-13-3-1-2-4-24-13)39-23-19(36)17(34)21(12(8-28)38-23)40-22-18(35)16(33)15(32)11(7-27)37-22/h1-4,9-12,14-23,26-36H,5-8H2,(H,24,25)/t9-,10+,11+,12+,14+,15+,16-,17+,18+,19+,20+,21+,22+,23+/m0/s1. The Labute approximate surface area is 228 Å². The summed E-state index contributed by atoms with van der Waals surface area (Å²) in [6, 6.07) is 4.95. The van der Waals surface area contributed by atoms with E-state index in [0.717, 1.165) is 0 Å². The van der Waals surface area contributed by atoms with Crippen LogP contribution in [0.2, 0.25) is 0 Å². The van der Waals surface area contributed by atoms with E-state index in [1.165, 1.54) is 6.20 Å². The molecule has 40 heavy (non-hydrogen) atoms. The van der Waals surface area contributed by atoms with Crippen LogP contribution in [0.5, 0.6) is 0 Å². The van der Waals surface area contributed by atoms with Crippen LogP contribution in [-0.4, -0.2) is 173 Å². The predicted octanol–water partition coefficient (Wildman–Crippen LogP) is -6.42. The third kappa shape index (κ3) is 7.59. The topological polar surface area (TPSA) is 284 Å². The molecule has 3 rings (SSSR count). The molecule has 3 heterocycles. The van der Waals surface area contributed by atoms with Crippen molar-refractivity contribution in [3.05, 3.63) is 24.4 Å². The van der Waals surface area contributed by atoms with Gasteiger partial charge in [0.15, 0.2) is 12.6 Å². The third-order valence-corrected chi connectivity index (χ3v) is 6.71. The number of nitrogens with one attached hydrogen (secondary N) is 1. The Morgan fingerprint density at radius 1 is 0.800 bits per heavy atom. The normalized spacial score (nSPS) is 37.9. The highest BCUT2D eigenvalue weighted by molar-refractivity contribution is 5.33. The van der Waals surface area contributed by atoms with Crippen molar-refractivity contribution >= 4 is 5.82 Å². The molecule has 230 valence electrons. The van der Waals surface area contributed by atoms with Gasteiger partial charge in [0.25, 0.3) is 0 Å². The summed E-state index contributed by atoms with van der Waals surface area (Å²) in [5.74, 6) is 0.374. The van der Waals surface area contributed by atoms with Crippen LogP contribution in [-0.2, 0) is 18.9 Å². The minimum absolute atomic E-state index is 0.263. The number of ether oxygens (including phenoxy) is 4. The molecule has 0 bridgehead atoms. The first kappa shape index (κ1) is 32.9. The lowest BCUT2D eigenvalue weighted by Gasteiger charge is -2.46. The van der Waals surface area contributed by atoms with E-state index in [2.05, 4.69) is 10.3 Å². The third-order valence-electron chi connectivity index (χ3n) is 6.71. The van der Waals surface area contributed by atoms with Crippen molar-refractivity contribution in [3.8, 4) is 0 Å². The number of aliphatic hydroxyl groups excluding tert-OH is 11. The second-order valence-corrected chi connectivity index (χ2v) is 9.51. The average Bonchev–Trinajstić information content (AvgIpc) is 2.97. The molecule has 1 aromatic heterocycles. The van der Waals surface area contributed by atoms with E-state index in [0.29, 0.717) is 5.82 Å². The highest BCUT2D eigenvalue weighted by Gasteiger charge is 2.51. The van der Waals surface area contributed by atoms with Crippen molar-refractivity contribution in [1.29, 1.82) is 0 Å². The van der Waals surface area contributed by atoms with Gasteiger partial charge in [0.1, 0.15) is 73.0 Å². The first-order valence-electron chi connectivity index (χ1n) is 12.6. The summed E-state index contributed by atoms with van der Waals surface area (Å²) in [7, 11) is 0. The molecule has 0 radical (unpaired) electrons. The van der Waals surface area contributed by atoms with Crippen molar-refractivity contribution in [2.45, 2.75) is 85.8 Å². The van der Waals surface area contributed by atoms with Crippen molar-refractivity contribution in [1.82, 2.24) is 4.98 Å². The van der Waals surface area contributed by atoms with Gasteiger partial charge >= 0.3 is 0 Å². The number of nitrogens with zero attached hydrogens (tertiary/aromatic N) is 1. The van der Waals surface area contributed by atoms with Gasteiger partial charge in [-0.3, -0.25) is 0 Å². The number of rotatable bonds is 13. The molecule has 0 amide bonds. The first-order valence-corrected chi connectivity index (χ1v) is 12.6. The molecule has 12 N–H and O–H groups in total. The van der Waals surface area contributed by atoms with Crippen molar-refractivity contribution in [2.24, 2.45) is 0 Å². The summed E-state index contributed by atoms with van der Waals surface area (Å²) >= 11 is 0. The van der Waals surface area contributed by atoms with Crippen LogP contribution in [0.4, 0.5) is 5.82 Å². The molecule has 2 aliphatic rings. The molecule has 17 nitrogen and oxygen atoms in total. The van der Waals surface area contributed by atoms with Crippen LogP contribution in [0.25, 0.3) is 0 Å². The van der Waals surface area contributed by atoms with Gasteiger partial charge in [0, 0.05) is 12.7 Å². The molecule has 2 aliphatic heterocycles. The Morgan fingerprint density at radius 3 is 2.05 bits per heavy atom. The summed E-state index contributed by atoms with van der Waals surface area (Å²) in [6.45, 7) is -2.80. The number of aromatic nitrogens is 1. The van der Waals surface area contributed by atoms with Gasteiger partial charge < -0.3 is 80.4 Å². The van der Waals surface area contributed by atoms with E-state index < -0.39 is 106 Å². The maximum absolute atomic E-state index is 10.7. The molecular formula is C23H38N2O15. The van der Waals surface area contributed by atoms with Gasteiger partial charge in [-0.1, -0.05) is 6.07 Å². The van der Waals surface area contributed by atoms with E-state index >= 15 is 0 Å². The molecule has 0 spiro atoms. The van der Waals surface area contributed by atoms with E-state index in [1.54, 1.807) is 18.2 Å². The van der Waals surface area contributed by atoms with Gasteiger partial charge in [-0.15, -0.1) is 0 Å². The highest BCUT2D eigenvalue weighted by atomic mass is 16.7. The van der Waals surface area contributed by atoms with Gasteiger partial charge in [-0.25, -0.2) is 4.98 Å². The monoisotopic (exact) mass is 582 g/mol. The van der Waals surface area contributed by atoms with E-state index in [1.807, 2.05) is 0 Å². The summed E-state index contributed by atoms with van der Waals surface area (Å²) < 4.78 is 21.6. The van der Waals surface area contributed by atoms with E-state index in [-0.39, 0.29) is 6.54 Å². The lowest BCUT2D eigenvalue weighted by atomic mass is 9.96. The van der Waals surface area contributed by atoms with E-state index in [9.17, 15) is 56.2 Å². The Balaban J connectivity index is 1.69. The molecule has 0 aromatic carbocycles. The number of anilines is 1. The molecule has 0 unspecified atom stereocenters. The largest absolute Gasteiger partial charge is 0.394 e. The molecule has 2 saturated heterocycles. The fraction of sp³-hybridized carbons (Fsp3) is 0.783. The fourth-order valence-corrected chi connectivity index (χ4v) is 4.34. The summed E-state index contributed by atoms with van der Waals surface area (Å²) in [5, 5.41) is 114. The average molecular weight is 583 g/mol. The summed E-state index contributed by atoms with van der Waals surface area (Å²) in [4.78, 5) is 4.00.